The van der Waals surface area contributed by atoms with Crippen molar-refractivity contribution in [3.05, 3.63) is 33.9 Å². The Bertz CT molecular complexity index is 654. The number of carbonyl (C=O) groups excluding carboxylic acids is 1. The van der Waals surface area contributed by atoms with Gasteiger partial charge in [-0.15, -0.1) is 0 Å². The molecule has 0 aromatic heterocycles. The molecule has 8 heteroatoms. The molecule has 1 fully saturated rings. The van der Waals surface area contributed by atoms with Gasteiger partial charge in [0.05, 0.1) is 16.4 Å². The molecule has 0 radical (unpaired) electrons. The quantitative estimate of drug-likeness (QED) is 0.469. The van der Waals surface area contributed by atoms with E-state index in [1.807, 2.05) is 0 Å². The topological polar surface area (TPSA) is 97.6 Å². The van der Waals surface area contributed by atoms with Crippen LogP contribution in [0, 0.1) is 10.1 Å². The minimum absolute atomic E-state index is 0.0153. The van der Waals surface area contributed by atoms with Gasteiger partial charge in [0.1, 0.15) is 5.69 Å². The molecule has 0 spiro atoms. The fourth-order valence-corrected chi connectivity index (χ4v) is 3.31. The second-order valence-corrected chi connectivity index (χ2v) is 6.96. The first-order valence-corrected chi connectivity index (χ1v) is 7.87. The normalized spacial score (nSPS) is 17.8. The number of rotatable bonds is 3. The van der Waals surface area contributed by atoms with Gasteiger partial charge in [-0.2, -0.15) is 0 Å². The summed E-state index contributed by atoms with van der Waals surface area (Å²) in [6.07, 6.45) is 0. The van der Waals surface area contributed by atoms with Crippen LogP contribution in [0.25, 0.3) is 0 Å². The minimum Gasteiger partial charge on any atom is -0.364 e. The van der Waals surface area contributed by atoms with Gasteiger partial charge in [0.2, 0.25) is 0 Å². The molecular weight excluding hydrogens is 284 g/mol. The number of hydrogen-bond acceptors (Lipinski definition) is 6. The molecule has 0 aliphatic carbocycles. The van der Waals surface area contributed by atoms with Crippen molar-refractivity contribution in [3.63, 3.8) is 0 Å². The first-order valence-electron chi connectivity index (χ1n) is 6.05. The van der Waals surface area contributed by atoms with Crippen LogP contribution >= 0.6 is 0 Å². The van der Waals surface area contributed by atoms with E-state index in [0.717, 1.165) is 0 Å². The molecule has 0 saturated carbocycles. The number of carbonyl (C=O) groups is 1. The number of sulfone groups is 1. The van der Waals surface area contributed by atoms with Gasteiger partial charge in [-0.3, -0.25) is 14.9 Å². The Morgan fingerprint density at radius 3 is 2.40 bits per heavy atom. The highest BCUT2D eigenvalue weighted by Crippen LogP contribution is 2.30. The molecule has 0 bridgehead atoms. The summed E-state index contributed by atoms with van der Waals surface area (Å²) in [5, 5.41) is 11.1. The summed E-state index contributed by atoms with van der Waals surface area (Å²) in [4.78, 5) is 23.5. The monoisotopic (exact) mass is 298 g/mol. The molecule has 1 saturated heterocycles. The van der Waals surface area contributed by atoms with Crippen molar-refractivity contribution in [2.75, 3.05) is 29.5 Å². The molecule has 1 aromatic carbocycles. The number of nitrogens with zero attached hydrogens (tertiary/aromatic N) is 2. The molecular formula is C12H14N2O5S. The predicted octanol–water partition coefficient (Wildman–Crippen LogP) is 1.03. The van der Waals surface area contributed by atoms with Crippen molar-refractivity contribution in [1.82, 2.24) is 0 Å². The maximum atomic E-state index is 11.4. The van der Waals surface area contributed by atoms with Crippen molar-refractivity contribution >= 4 is 27.0 Å². The highest BCUT2D eigenvalue weighted by Gasteiger charge is 2.27. The van der Waals surface area contributed by atoms with Gasteiger partial charge < -0.3 is 4.90 Å². The van der Waals surface area contributed by atoms with E-state index in [-0.39, 0.29) is 41.6 Å². The fraction of sp³-hybridized carbons (Fsp3) is 0.417. The van der Waals surface area contributed by atoms with Crippen molar-refractivity contribution in [2.45, 2.75) is 6.92 Å². The number of anilines is 1. The molecule has 0 unspecified atom stereocenters. The maximum absolute atomic E-state index is 11.4. The van der Waals surface area contributed by atoms with Crippen LogP contribution < -0.4 is 4.90 Å². The average molecular weight is 298 g/mol. The third-order valence-electron chi connectivity index (χ3n) is 3.26. The van der Waals surface area contributed by atoms with Crippen LogP contribution in [0.1, 0.15) is 17.3 Å². The zero-order chi connectivity index (χ0) is 14.9. The number of benzene rings is 1. The van der Waals surface area contributed by atoms with Crippen LogP contribution in [0.2, 0.25) is 0 Å². The van der Waals surface area contributed by atoms with Crippen LogP contribution in [0.3, 0.4) is 0 Å². The number of ketones is 1. The van der Waals surface area contributed by atoms with Gasteiger partial charge in [-0.05, 0) is 19.1 Å². The zero-order valence-corrected chi connectivity index (χ0v) is 11.7. The van der Waals surface area contributed by atoms with Gasteiger partial charge >= 0.3 is 0 Å². The second-order valence-electron chi connectivity index (χ2n) is 4.66. The van der Waals surface area contributed by atoms with Gasteiger partial charge in [0, 0.05) is 24.7 Å². The molecule has 0 N–H and O–H groups in total. The molecule has 0 amide bonds. The third-order valence-corrected chi connectivity index (χ3v) is 4.87. The Labute approximate surface area is 116 Å². The lowest BCUT2D eigenvalue weighted by atomic mass is 10.1. The van der Waals surface area contributed by atoms with E-state index in [1.54, 1.807) is 4.90 Å². The Morgan fingerprint density at radius 2 is 1.90 bits per heavy atom. The van der Waals surface area contributed by atoms with Gasteiger partial charge in [-0.25, -0.2) is 8.42 Å². The lowest BCUT2D eigenvalue weighted by Crippen LogP contribution is -2.40. The Kier molecular flexibility index (Phi) is 3.76. The second kappa shape index (κ2) is 5.20. The molecule has 7 nitrogen and oxygen atoms in total. The van der Waals surface area contributed by atoms with E-state index >= 15 is 0 Å². The van der Waals surface area contributed by atoms with E-state index in [0.29, 0.717) is 5.69 Å². The molecule has 1 aliphatic heterocycles. The van der Waals surface area contributed by atoms with Crippen LogP contribution in [0.4, 0.5) is 11.4 Å². The highest BCUT2D eigenvalue weighted by molar-refractivity contribution is 7.91. The maximum Gasteiger partial charge on any atom is 0.293 e. The van der Waals surface area contributed by atoms with Crippen molar-refractivity contribution in [2.24, 2.45) is 0 Å². The molecule has 1 aliphatic rings. The molecule has 0 atom stereocenters. The average Bonchev–Trinajstić information content (AvgIpc) is 2.38. The summed E-state index contributed by atoms with van der Waals surface area (Å²) in [7, 11) is -3.04. The number of Topliss-reactive ketones (excluding diaryl/α,β-unsaturated/α-hetero) is 1. The Balaban J connectivity index is 2.37. The van der Waals surface area contributed by atoms with Crippen LogP contribution in [-0.2, 0) is 9.84 Å². The summed E-state index contributed by atoms with van der Waals surface area (Å²) in [5.74, 6) is -0.280. The van der Waals surface area contributed by atoms with E-state index in [9.17, 15) is 23.3 Å². The Hall–Kier alpha value is -1.96. The third kappa shape index (κ3) is 2.96. The first-order chi connectivity index (χ1) is 9.30. The smallest absolute Gasteiger partial charge is 0.293 e. The van der Waals surface area contributed by atoms with Crippen molar-refractivity contribution in [1.29, 1.82) is 0 Å². The first kappa shape index (κ1) is 14.4. The minimum atomic E-state index is -3.04. The zero-order valence-electron chi connectivity index (χ0n) is 10.9. The fourth-order valence-electron chi connectivity index (χ4n) is 2.11. The number of hydrogen-bond donors (Lipinski definition) is 0. The summed E-state index contributed by atoms with van der Waals surface area (Å²) in [6, 6.07) is 4.27. The lowest BCUT2D eigenvalue weighted by molar-refractivity contribution is -0.384. The van der Waals surface area contributed by atoms with Crippen molar-refractivity contribution in [3.8, 4) is 0 Å². The molecule has 1 aromatic rings. The summed E-state index contributed by atoms with van der Waals surface area (Å²) in [6.45, 7) is 1.79. The largest absolute Gasteiger partial charge is 0.364 e. The summed E-state index contributed by atoms with van der Waals surface area (Å²) >= 11 is 0. The van der Waals surface area contributed by atoms with E-state index in [2.05, 4.69) is 0 Å². The number of nitro groups is 1. The number of nitro benzene ring substituents is 1. The highest BCUT2D eigenvalue weighted by atomic mass is 32.2. The van der Waals surface area contributed by atoms with Crippen LogP contribution in [-0.4, -0.2) is 43.7 Å². The van der Waals surface area contributed by atoms with Gasteiger partial charge in [-0.1, -0.05) is 0 Å². The van der Waals surface area contributed by atoms with Gasteiger partial charge in [0.25, 0.3) is 5.69 Å². The SMILES string of the molecule is CC(=O)c1ccc(N2CCS(=O)(=O)CC2)c([N+](=O)[O-])c1. The van der Waals surface area contributed by atoms with E-state index < -0.39 is 14.8 Å². The summed E-state index contributed by atoms with van der Waals surface area (Å²) in [5.41, 5.74) is 0.456. The molecule has 108 valence electrons. The standard InChI is InChI=1S/C12H14N2O5S/c1-9(15)10-2-3-11(12(8-10)14(16)17)13-4-6-20(18,19)7-5-13/h2-3,8H,4-7H2,1H3. The molecule has 2 rings (SSSR count). The summed E-state index contributed by atoms with van der Waals surface area (Å²) < 4.78 is 22.8. The Morgan fingerprint density at radius 1 is 1.30 bits per heavy atom. The molecule has 1 heterocycles. The van der Waals surface area contributed by atoms with Crippen LogP contribution in [0.15, 0.2) is 18.2 Å². The van der Waals surface area contributed by atoms with Gasteiger partial charge in [0.15, 0.2) is 15.6 Å². The van der Waals surface area contributed by atoms with E-state index in [4.69, 9.17) is 0 Å². The predicted molar refractivity (Wildman–Crippen MR) is 74.0 cm³/mol. The lowest BCUT2D eigenvalue weighted by Gasteiger charge is -2.28. The van der Waals surface area contributed by atoms with E-state index in [1.165, 1.54) is 25.1 Å². The van der Waals surface area contributed by atoms with Crippen molar-refractivity contribution < 1.29 is 18.1 Å². The molecule has 20 heavy (non-hydrogen) atoms. The van der Waals surface area contributed by atoms with Crippen LogP contribution in [0.5, 0.6) is 0 Å².